The fourth-order valence-electron chi connectivity index (χ4n) is 3.45. The van der Waals surface area contributed by atoms with Crippen molar-refractivity contribution in [3.8, 4) is 28.4 Å². The lowest BCUT2D eigenvalue weighted by molar-refractivity contribution is 0.325. The first-order chi connectivity index (χ1) is 10.5. The Bertz CT molecular complexity index is 753. The molecule has 0 amide bonds. The third-order valence-electron chi connectivity index (χ3n) is 4.31. The number of hydrogen-bond donors (Lipinski definition) is 1. The molecule has 2 aromatic rings. The molecule has 0 heterocycles. The molecule has 0 fully saturated rings. The summed E-state index contributed by atoms with van der Waals surface area (Å²) in [5.41, 5.74) is 13.2. The summed E-state index contributed by atoms with van der Waals surface area (Å²) in [6.07, 6.45) is 0. The minimum absolute atomic E-state index is 0.181. The molecule has 0 saturated carbocycles. The molecule has 0 radical (unpaired) electrons. The Morgan fingerprint density at radius 2 is 1.59 bits per heavy atom. The molecule has 1 atom stereocenters. The summed E-state index contributed by atoms with van der Waals surface area (Å²) in [4.78, 5) is 0. The van der Waals surface area contributed by atoms with E-state index in [1.54, 1.807) is 21.3 Å². The minimum atomic E-state index is -0.181. The van der Waals surface area contributed by atoms with Gasteiger partial charge in [-0.3, -0.25) is 0 Å². The van der Waals surface area contributed by atoms with Crippen molar-refractivity contribution in [2.24, 2.45) is 5.73 Å². The van der Waals surface area contributed by atoms with Gasteiger partial charge in [0.05, 0.1) is 27.4 Å². The zero-order valence-corrected chi connectivity index (χ0v) is 13.6. The number of rotatable bonds is 3. The van der Waals surface area contributed by atoms with E-state index < -0.39 is 0 Å². The van der Waals surface area contributed by atoms with Gasteiger partial charge >= 0.3 is 0 Å². The monoisotopic (exact) mass is 299 g/mol. The molecule has 3 rings (SSSR count). The molecule has 0 aromatic heterocycles. The Labute approximate surface area is 130 Å². The molecule has 1 unspecified atom stereocenters. The number of hydrogen-bond acceptors (Lipinski definition) is 4. The van der Waals surface area contributed by atoms with E-state index in [4.69, 9.17) is 19.9 Å². The van der Waals surface area contributed by atoms with E-state index >= 15 is 0 Å². The summed E-state index contributed by atoms with van der Waals surface area (Å²) in [5.74, 6) is 1.91. The van der Waals surface area contributed by atoms with Crippen LogP contribution in [-0.2, 0) is 0 Å². The van der Waals surface area contributed by atoms with Crippen LogP contribution in [0.3, 0.4) is 0 Å². The first-order valence-electron chi connectivity index (χ1n) is 7.23. The van der Waals surface area contributed by atoms with Crippen molar-refractivity contribution >= 4 is 0 Å². The maximum atomic E-state index is 6.50. The fourth-order valence-corrected chi connectivity index (χ4v) is 3.45. The number of ether oxygens (including phenoxy) is 3. The molecule has 116 valence electrons. The van der Waals surface area contributed by atoms with Crippen LogP contribution in [0.1, 0.15) is 28.3 Å². The third-order valence-corrected chi connectivity index (χ3v) is 4.31. The summed E-state index contributed by atoms with van der Waals surface area (Å²) in [5, 5.41) is 0. The van der Waals surface area contributed by atoms with Gasteiger partial charge in [-0.2, -0.15) is 0 Å². The van der Waals surface area contributed by atoms with E-state index in [1.165, 1.54) is 11.1 Å². The van der Waals surface area contributed by atoms with Crippen molar-refractivity contribution < 1.29 is 14.2 Å². The molecular formula is C18H21NO3. The Kier molecular flexibility index (Phi) is 3.49. The van der Waals surface area contributed by atoms with Gasteiger partial charge in [0, 0.05) is 5.56 Å². The minimum Gasteiger partial charge on any atom is -0.493 e. The summed E-state index contributed by atoms with van der Waals surface area (Å²) in [6, 6.07) is 6.09. The molecule has 2 N–H and O–H groups in total. The van der Waals surface area contributed by atoms with E-state index in [0.717, 1.165) is 22.3 Å². The van der Waals surface area contributed by atoms with Gasteiger partial charge < -0.3 is 19.9 Å². The standard InChI is InChI=1S/C18H21NO3/c1-9-6-10(2)14-11(7-9)15-12(16(14)19)8-13(20-3)17(21-4)18(15)22-5/h6-8,16H,19H2,1-5H3. The molecule has 4 heteroatoms. The molecule has 4 nitrogen and oxygen atoms in total. The highest BCUT2D eigenvalue weighted by atomic mass is 16.5. The largest absolute Gasteiger partial charge is 0.493 e. The molecular weight excluding hydrogens is 278 g/mol. The van der Waals surface area contributed by atoms with Gasteiger partial charge in [-0.1, -0.05) is 17.7 Å². The maximum absolute atomic E-state index is 6.50. The van der Waals surface area contributed by atoms with Crippen molar-refractivity contribution in [3.63, 3.8) is 0 Å². The van der Waals surface area contributed by atoms with Crippen LogP contribution in [0, 0.1) is 13.8 Å². The van der Waals surface area contributed by atoms with E-state index in [1.807, 2.05) is 6.07 Å². The van der Waals surface area contributed by atoms with E-state index in [-0.39, 0.29) is 6.04 Å². The Hall–Kier alpha value is -2.20. The van der Waals surface area contributed by atoms with Crippen LogP contribution in [0.5, 0.6) is 17.2 Å². The zero-order valence-electron chi connectivity index (χ0n) is 13.6. The van der Waals surface area contributed by atoms with Gasteiger partial charge in [0.15, 0.2) is 11.5 Å². The van der Waals surface area contributed by atoms with Gasteiger partial charge in [0.2, 0.25) is 5.75 Å². The summed E-state index contributed by atoms with van der Waals surface area (Å²) < 4.78 is 16.6. The van der Waals surface area contributed by atoms with Crippen LogP contribution in [0.4, 0.5) is 0 Å². The maximum Gasteiger partial charge on any atom is 0.203 e. The molecule has 0 bridgehead atoms. The molecule has 22 heavy (non-hydrogen) atoms. The predicted molar refractivity (Wildman–Crippen MR) is 87.0 cm³/mol. The summed E-state index contributed by atoms with van der Waals surface area (Å²) in [7, 11) is 4.88. The van der Waals surface area contributed by atoms with Gasteiger partial charge in [-0.05, 0) is 42.2 Å². The number of nitrogens with two attached hydrogens (primary N) is 1. The average Bonchev–Trinajstić information content (AvgIpc) is 2.78. The van der Waals surface area contributed by atoms with Crippen LogP contribution in [0.15, 0.2) is 18.2 Å². The van der Waals surface area contributed by atoms with Crippen LogP contribution >= 0.6 is 0 Å². The predicted octanol–water partition coefficient (Wildman–Crippen LogP) is 3.36. The van der Waals surface area contributed by atoms with Gasteiger partial charge in [-0.15, -0.1) is 0 Å². The second-order valence-corrected chi connectivity index (χ2v) is 5.63. The van der Waals surface area contributed by atoms with Crippen LogP contribution in [-0.4, -0.2) is 21.3 Å². The lowest BCUT2D eigenvalue weighted by Crippen LogP contribution is -2.10. The van der Waals surface area contributed by atoms with Crippen molar-refractivity contribution in [3.05, 3.63) is 40.5 Å². The summed E-state index contributed by atoms with van der Waals surface area (Å²) >= 11 is 0. The number of aryl methyl sites for hydroxylation is 2. The third kappa shape index (κ3) is 1.87. The van der Waals surface area contributed by atoms with Crippen molar-refractivity contribution in [2.45, 2.75) is 19.9 Å². The normalized spacial score (nSPS) is 15.3. The molecule has 0 spiro atoms. The lowest BCUT2D eigenvalue weighted by Gasteiger charge is -2.17. The molecule has 1 aliphatic rings. The highest BCUT2D eigenvalue weighted by Gasteiger charge is 2.34. The number of benzene rings is 2. The van der Waals surface area contributed by atoms with E-state index in [0.29, 0.717) is 17.2 Å². The van der Waals surface area contributed by atoms with E-state index in [9.17, 15) is 0 Å². The average molecular weight is 299 g/mol. The fraction of sp³-hybridized carbons (Fsp3) is 0.333. The van der Waals surface area contributed by atoms with Gasteiger partial charge in [0.25, 0.3) is 0 Å². The van der Waals surface area contributed by atoms with Gasteiger partial charge in [-0.25, -0.2) is 0 Å². The second-order valence-electron chi connectivity index (χ2n) is 5.63. The van der Waals surface area contributed by atoms with E-state index in [2.05, 4.69) is 26.0 Å². The Balaban J connectivity index is 2.41. The molecule has 0 aliphatic heterocycles. The van der Waals surface area contributed by atoms with Crippen molar-refractivity contribution in [1.29, 1.82) is 0 Å². The lowest BCUT2D eigenvalue weighted by atomic mass is 9.97. The highest BCUT2D eigenvalue weighted by Crippen LogP contribution is 2.54. The number of fused-ring (bicyclic) bond motifs is 3. The van der Waals surface area contributed by atoms with Crippen molar-refractivity contribution in [1.82, 2.24) is 0 Å². The smallest absolute Gasteiger partial charge is 0.203 e. The Morgan fingerprint density at radius 1 is 0.909 bits per heavy atom. The van der Waals surface area contributed by atoms with Gasteiger partial charge in [0.1, 0.15) is 0 Å². The SMILES string of the molecule is COc1cc2c(c(OC)c1OC)-c1cc(C)cc(C)c1C2N. The molecule has 2 aromatic carbocycles. The zero-order chi connectivity index (χ0) is 16.0. The first kappa shape index (κ1) is 14.7. The Morgan fingerprint density at radius 3 is 2.18 bits per heavy atom. The second kappa shape index (κ2) is 5.21. The van der Waals surface area contributed by atoms with Crippen LogP contribution in [0.2, 0.25) is 0 Å². The molecule has 1 aliphatic carbocycles. The number of methoxy groups -OCH3 is 3. The molecule has 0 saturated heterocycles. The highest BCUT2D eigenvalue weighted by molar-refractivity contribution is 5.88. The van der Waals surface area contributed by atoms with Crippen LogP contribution in [0.25, 0.3) is 11.1 Å². The summed E-state index contributed by atoms with van der Waals surface area (Å²) in [6.45, 7) is 4.18. The quantitative estimate of drug-likeness (QED) is 0.944. The van der Waals surface area contributed by atoms with Crippen molar-refractivity contribution in [2.75, 3.05) is 21.3 Å². The topological polar surface area (TPSA) is 53.7 Å². The van der Waals surface area contributed by atoms with Crippen LogP contribution < -0.4 is 19.9 Å². The first-order valence-corrected chi connectivity index (χ1v) is 7.23.